The Labute approximate surface area is 87.1 Å². The maximum Gasteiger partial charge on any atom is 0.434 e. The summed E-state index contributed by atoms with van der Waals surface area (Å²) in [5.74, 6) is -0.243. The quantitative estimate of drug-likeness (QED) is 0.538. The molecule has 7 heteroatoms. The minimum atomic E-state index is -0.645. The predicted octanol–water partition coefficient (Wildman–Crippen LogP) is -0.286. The van der Waals surface area contributed by atoms with Crippen LogP contribution in [0.4, 0.5) is 5.95 Å². The van der Waals surface area contributed by atoms with Gasteiger partial charge in [0.15, 0.2) is 0 Å². The van der Waals surface area contributed by atoms with Gasteiger partial charge in [-0.2, -0.15) is 0 Å². The molecule has 0 aliphatic rings. The van der Waals surface area contributed by atoms with Crippen LogP contribution in [-0.4, -0.2) is 51.2 Å². The van der Waals surface area contributed by atoms with Crippen LogP contribution in [0.1, 0.15) is 0 Å². The minimum Gasteiger partial charge on any atom is -0.390 e. The smallest absolute Gasteiger partial charge is 0.390 e. The fourth-order valence-electron chi connectivity index (χ4n) is 1.32. The lowest BCUT2D eigenvalue weighted by atomic mass is 10.3. The van der Waals surface area contributed by atoms with Gasteiger partial charge in [0, 0.05) is 6.54 Å². The van der Waals surface area contributed by atoms with Crippen molar-refractivity contribution in [3.8, 4) is 0 Å². The van der Waals surface area contributed by atoms with Crippen LogP contribution in [0, 0.1) is 10.1 Å². The Morgan fingerprint density at radius 1 is 1.73 bits per heavy atom. The van der Waals surface area contributed by atoms with Crippen LogP contribution in [0.25, 0.3) is 0 Å². The van der Waals surface area contributed by atoms with Gasteiger partial charge in [-0.25, -0.2) is 4.57 Å². The molecular weight excluding hydrogens is 200 g/mol. The number of aliphatic hydroxyl groups excluding tert-OH is 1. The summed E-state index contributed by atoms with van der Waals surface area (Å²) >= 11 is 0. The Hall–Kier alpha value is -1.47. The van der Waals surface area contributed by atoms with E-state index in [1.54, 1.807) is 0 Å². The van der Waals surface area contributed by atoms with Crippen LogP contribution >= 0.6 is 0 Å². The highest BCUT2D eigenvalue weighted by molar-refractivity contribution is 5.06. The van der Waals surface area contributed by atoms with Crippen molar-refractivity contribution in [1.82, 2.24) is 14.5 Å². The molecule has 1 heterocycles. The van der Waals surface area contributed by atoms with E-state index in [-0.39, 0.29) is 12.5 Å². The van der Waals surface area contributed by atoms with Crippen molar-refractivity contribution in [3.63, 3.8) is 0 Å². The first-order chi connectivity index (χ1) is 7.00. The fraction of sp³-hybridized carbons (Fsp3) is 0.625. The molecule has 1 unspecified atom stereocenters. The van der Waals surface area contributed by atoms with Gasteiger partial charge in [-0.3, -0.25) is 0 Å². The first kappa shape index (κ1) is 11.6. The Bertz CT molecular complexity index is 336. The van der Waals surface area contributed by atoms with Crippen LogP contribution in [-0.2, 0) is 6.54 Å². The van der Waals surface area contributed by atoms with Gasteiger partial charge in [0.25, 0.3) is 0 Å². The van der Waals surface area contributed by atoms with Crippen molar-refractivity contribution in [2.45, 2.75) is 12.6 Å². The average molecular weight is 214 g/mol. The fourth-order valence-corrected chi connectivity index (χ4v) is 1.32. The third-order valence-electron chi connectivity index (χ3n) is 1.84. The zero-order chi connectivity index (χ0) is 11.4. The lowest BCUT2D eigenvalue weighted by molar-refractivity contribution is -0.397. The first-order valence-corrected chi connectivity index (χ1v) is 4.49. The molecule has 0 radical (unpaired) electrons. The summed E-state index contributed by atoms with van der Waals surface area (Å²) in [6.45, 7) is 0.629. The number of aliphatic hydroxyl groups is 1. The van der Waals surface area contributed by atoms with Gasteiger partial charge >= 0.3 is 5.95 Å². The van der Waals surface area contributed by atoms with E-state index in [4.69, 9.17) is 0 Å². The SMILES string of the molecule is CN(C)CC(O)Cn1ccnc1[N+](=O)[O-]. The molecule has 84 valence electrons. The summed E-state index contributed by atoms with van der Waals surface area (Å²) in [6.07, 6.45) is 2.19. The second-order valence-corrected chi connectivity index (χ2v) is 3.55. The van der Waals surface area contributed by atoms with Crippen LogP contribution in [0.5, 0.6) is 0 Å². The van der Waals surface area contributed by atoms with E-state index >= 15 is 0 Å². The van der Waals surface area contributed by atoms with Gasteiger partial charge in [-0.15, -0.1) is 0 Å². The monoisotopic (exact) mass is 214 g/mol. The van der Waals surface area contributed by atoms with Gasteiger partial charge in [-0.1, -0.05) is 4.98 Å². The van der Waals surface area contributed by atoms with Crippen molar-refractivity contribution < 1.29 is 10.0 Å². The number of imidazole rings is 1. The number of hydrogen-bond acceptors (Lipinski definition) is 5. The van der Waals surface area contributed by atoms with E-state index in [0.717, 1.165) is 0 Å². The average Bonchev–Trinajstić information content (AvgIpc) is 2.50. The molecule has 1 aromatic heterocycles. The highest BCUT2D eigenvalue weighted by Gasteiger charge is 2.17. The van der Waals surface area contributed by atoms with Crippen molar-refractivity contribution in [1.29, 1.82) is 0 Å². The molecule has 0 saturated carbocycles. The third-order valence-corrected chi connectivity index (χ3v) is 1.84. The summed E-state index contributed by atoms with van der Waals surface area (Å²) in [5.41, 5.74) is 0. The van der Waals surface area contributed by atoms with Crippen molar-refractivity contribution in [3.05, 3.63) is 22.5 Å². The standard InChI is InChI=1S/C8H14N4O3/c1-10(2)5-7(13)6-11-4-3-9-8(11)12(14)15/h3-4,7,13H,5-6H2,1-2H3. The molecule has 15 heavy (non-hydrogen) atoms. The van der Waals surface area contributed by atoms with E-state index in [1.165, 1.54) is 17.0 Å². The molecular formula is C8H14N4O3. The normalized spacial score (nSPS) is 13.1. The number of nitro groups is 1. The summed E-state index contributed by atoms with van der Waals surface area (Å²) in [5, 5.41) is 20.1. The second-order valence-electron chi connectivity index (χ2n) is 3.55. The Morgan fingerprint density at radius 3 is 2.93 bits per heavy atom. The van der Waals surface area contributed by atoms with Crippen molar-refractivity contribution in [2.24, 2.45) is 0 Å². The van der Waals surface area contributed by atoms with Crippen LogP contribution in [0.15, 0.2) is 12.4 Å². The summed E-state index contributed by atoms with van der Waals surface area (Å²) in [4.78, 5) is 15.3. The maximum atomic E-state index is 10.5. The number of nitrogens with zero attached hydrogens (tertiary/aromatic N) is 4. The predicted molar refractivity (Wildman–Crippen MR) is 53.4 cm³/mol. The van der Waals surface area contributed by atoms with Gasteiger partial charge in [0.1, 0.15) is 12.4 Å². The Morgan fingerprint density at radius 2 is 2.40 bits per heavy atom. The number of likely N-dealkylation sites (N-methyl/N-ethyl adjacent to an activating group) is 1. The van der Waals surface area contributed by atoms with Crippen LogP contribution in [0.2, 0.25) is 0 Å². The molecule has 0 amide bonds. The molecule has 0 fully saturated rings. The molecule has 1 aromatic rings. The largest absolute Gasteiger partial charge is 0.434 e. The lowest BCUT2D eigenvalue weighted by Gasteiger charge is -2.14. The van der Waals surface area contributed by atoms with Crippen LogP contribution in [0.3, 0.4) is 0 Å². The number of aromatic nitrogens is 2. The molecule has 1 atom stereocenters. The molecule has 0 bridgehead atoms. The second kappa shape index (κ2) is 4.85. The molecule has 1 N–H and O–H groups in total. The lowest BCUT2D eigenvalue weighted by Crippen LogP contribution is -2.29. The summed E-state index contributed by atoms with van der Waals surface area (Å²) in [6, 6.07) is 0. The molecule has 7 nitrogen and oxygen atoms in total. The Kier molecular flexibility index (Phi) is 3.75. The van der Waals surface area contributed by atoms with Gasteiger partial charge < -0.3 is 20.1 Å². The van der Waals surface area contributed by atoms with E-state index in [9.17, 15) is 15.2 Å². The van der Waals surface area contributed by atoms with Gasteiger partial charge in [0.05, 0.1) is 12.6 Å². The highest BCUT2D eigenvalue weighted by atomic mass is 16.6. The third kappa shape index (κ3) is 3.30. The molecule has 0 aliphatic carbocycles. The number of hydrogen-bond donors (Lipinski definition) is 1. The number of rotatable bonds is 5. The van der Waals surface area contributed by atoms with Crippen molar-refractivity contribution >= 4 is 5.95 Å². The summed E-state index contributed by atoms with van der Waals surface area (Å²) in [7, 11) is 3.65. The maximum absolute atomic E-state index is 10.5. The summed E-state index contributed by atoms with van der Waals surface area (Å²) < 4.78 is 1.33. The van der Waals surface area contributed by atoms with Crippen LogP contribution < -0.4 is 0 Å². The molecule has 0 spiro atoms. The van der Waals surface area contributed by atoms with Gasteiger partial charge in [0.2, 0.25) is 0 Å². The van der Waals surface area contributed by atoms with Gasteiger partial charge in [-0.05, 0) is 19.0 Å². The van der Waals surface area contributed by atoms with Crippen molar-refractivity contribution in [2.75, 3.05) is 20.6 Å². The zero-order valence-corrected chi connectivity index (χ0v) is 8.70. The van der Waals surface area contributed by atoms with E-state index in [2.05, 4.69) is 4.98 Å². The first-order valence-electron chi connectivity index (χ1n) is 4.49. The molecule has 0 aliphatic heterocycles. The minimum absolute atomic E-state index is 0.175. The van der Waals surface area contributed by atoms with E-state index in [0.29, 0.717) is 6.54 Å². The molecule has 0 saturated heterocycles. The van der Waals surface area contributed by atoms with E-state index in [1.807, 2.05) is 19.0 Å². The highest BCUT2D eigenvalue weighted by Crippen LogP contribution is 2.08. The zero-order valence-electron chi connectivity index (χ0n) is 8.70. The Balaban J connectivity index is 2.64. The molecule has 0 aromatic carbocycles. The van der Waals surface area contributed by atoms with E-state index < -0.39 is 11.0 Å². The topological polar surface area (TPSA) is 84.4 Å². The molecule has 1 rings (SSSR count).